The molecule has 1 aliphatic rings. The number of rotatable bonds is 6. The molecule has 0 bridgehead atoms. The van der Waals surface area contributed by atoms with Crippen molar-refractivity contribution in [2.75, 3.05) is 23.3 Å². The summed E-state index contributed by atoms with van der Waals surface area (Å²) in [6.07, 6.45) is 3.59. The maximum atomic E-state index is 5.98. The van der Waals surface area contributed by atoms with Crippen molar-refractivity contribution >= 4 is 29.1 Å². The fourth-order valence-electron chi connectivity index (χ4n) is 3.34. The molecule has 0 atom stereocenters. The lowest BCUT2D eigenvalue weighted by molar-refractivity contribution is 0.461. The van der Waals surface area contributed by atoms with Crippen molar-refractivity contribution in [3.05, 3.63) is 72.3 Å². The van der Waals surface area contributed by atoms with E-state index in [9.17, 15) is 0 Å². The van der Waals surface area contributed by atoms with Gasteiger partial charge in [0.1, 0.15) is 11.6 Å². The molecule has 7 heteroatoms. The van der Waals surface area contributed by atoms with Gasteiger partial charge in [-0.15, -0.1) is 0 Å². The Bertz CT molecular complexity index is 962. The number of thiocarbonyl (C=S) groups is 1. The molecular weight excluding hydrogens is 394 g/mol. The monoisotopic (exact) mass is 419 g/mol. The Morgan fingerprint density at radius 3 is 2.37 bits per heavy atom. The van der Waals surface area contributed by atoms with Gasteiger partial charge < -0.3 is 20.3 Å². The molecule has 1 saturated heterocycles. The second kappa shape index (κ2) is 10.0. The molecule has 0 amide bonds. The van der Waals surface area contributed by atoms with Crippen molar-refractivity contribution < 1.29 is 4.74 Å². The first-order valence-corrected chi connectivity index (χ1v) is 10.6. The molecule has 4 rings (SSSR count). The number of para-hydroxylation sites is 1. The molecule has 2 heterocycles. The number of ether oxygens (including phenoxy) is 1. The number of hydrogen-bond acceptors (Lipinski definition) is 5. The largest absolute Gasteiger partial charge is 0.439 e. The van der Waals surface area contributed by atoms with Crippen molar-refractivity contribution in [3.63, 3.8) is 0 Å². The first kappa shape index (κ1) is 20.1. The van der Waals surface area contributed by atoms with Crippen LogP contribution in [0.2, 0.25) is 0 Å². The summed E-state index contributed by atoms with van der Waals surface area (Å²) in [6, 6.07) is 21.6. The number of anilines is 2. The molecule has 3 aromatic rings. The minimum Gasteiger partial charge on any atom is -0.439 e. The third-order valence-electron chi connectivity index (χ3n) is 4.86. The standard InChI is InChI=1S/C23H25N5OS/c30-23(24-17-18-10-4-1-5-11-18)27-22-25-20(28-14-8-3-9-15-28)16-21(26-22)29-19-12-6-2-7-13-19/h1-2,4-7,10-13,16H,3,8-9,14-15,17H2,(H2,24,25,26,27,30). The molecule has 6 nitrogen and oxygen atoms in total. The lowest BCUT2D eigenvalue weighted by Gasteiger charge is -2.28. The predicted molar refractivity (Wildman–Crippen MR) is 124 cm³/mol. The van der Waals surface area contributed by atoms with E-state index in [-0.39, 0.29) is 0 Å². The van der Waals surface area contributed by atoms with E-state index in [0.29, 0.717) is 23.5 Å². The summed E-state index contributed by atoms with van der Waals surface area (Å²) >= 11 is 5.45. The molecule has 0 saturated carbocycles. The van der Waals surface area contributed by atoms with Gasteiger partial charge in [0.25, 0.3) is 0 Å². The highest BCUT2D eigenvalue weighted by molar-refractivity contribution is 7.80. The van der Waals surface area contributed by atoms with E-state index in [0.717, 1.165) is 30.2 Å². The highest BCUT2D eigenvalue weighted by atomic mass is 32.1. The van der Waals surface area contributed by atoms with Crippen LogP contribution in [0, 0.1) is 0 Å². The molecular formula is C23H25N5OS. The Hall–Kier alpha value is -3.19. The third-order valence-corrected chi connectivity index (χ3v) is 5.10. The third kappa shape index (κ3) is 5.67. The van der Waals surface area contributed by atoms with Gasteiger partial charge in [-0.25, -0.2) is 0 Å². The summed E-state index contributed by atoms with van der Waals surface area (Å²) in [6.45, 7) is 2.60. The maximum absolute atomic E-state index is 5.98. The van der Waals surface area contributed by atoms with Gasteiger partial charge in [0, 0.05) is 25.7 Å². The second-order valence-electron chi connectivity index (χ2n) is 7.14. The van der Waals surface area contributed by atoms with Crippen LogP contribution in [-0.2, 0) is 6.54 Å². The number of hydrogen-bond donors (Lipinski definition) is 2. The highest BCUT2D eigenvalue weighted by Crippen LogP contribution is 2.26. The van der Waals surface area contributed by atoms with Crippen LogP contribution >= 0.6 is 12.2 Å². The van der Waals surface area contributed by atoms with Gasteiger partial charge in [-0.1, -0.05) is 48.5 Å². The summed E-state index contributed by atoms with van der Waals surface area (Å²) in [5.41, 5.74) is 1.15. The minimum atomic E-state index is 0.426. The summed E-state index contributed by atoms with van der Waals surface area (Å²) in [4.78, 5) is 11.5. The molecule has 1 aromatic heterocycles. The van der Waals surface area contributed by atoms with Crippen LogP contribution in [0.4, 0.5) is 11.8 Å². The first-order chi connectivity index (χ1) is 14.8. The van der Waals surface area contributed by atoms with Crippen LogP contribution in [0.25, 0.3) is 0 Å². The SMILES string of the molecule is S=C(NCc1ccccc1)Nc1nc(Oc2ccccc2)cc(N2CCCCC2)n1. The van der Waals surface area contributed by atoms with E-state index in [1.54, 1.807) is 0 Å². The Labute approximate surface area is 182 Å². The molecule has 0 unspecified atom stereocenters. The van der Waals surface area contributed by atoms with Crippen LogP contribution in [0.3, 0.4) is 0 Å². The van der Waals surface area contributed by atoms with E-state index in [1.807, 2.05) is 54.6 Å². The van der Waals surface area contributed by atoms with Crippen molar-refractivity contribution in [3.8, 4) is 11.6 Å². The predicted octanol–water partition coefficient (Wildman–Crippen LogP) is 4.75. The van der Waals surface area contributed by atoms with Crippen molar-refractivity contribution in [1.29, 1.82) is 0 Å². The number of nitrogens with zero attached hydrogens (tertiary/aromatic N) is 3. The van der Waals surface area contributed by atoms with E-state index in [1.165, 1.54) is 19.3 Å². The number of nitrogens with one attached hydrogen (secondary N) is 2. The van der Waals surface area contributed by atoms with Crippen molar-refractivity contribution in [1.82, 2.24) is 15.3 Å². The quantitative estimate of drug-likeness (QED) is 0.559. The number of aromatic nitrogens is 2. The summed E-state index contributed by atoms with van der Waals surface area (Å²) in [5, 5.41) is 6.78. The Morgan fingerprint density at radius 2 is 1.63 bits per heavy atom. The van der Waals surface area contributed by atoms with Gasteiger partial charge in [-0.2, -0.15) is 9.97 Å². The molecule has 154 valence electrons. The summed E-state index contributed by atoms with van der Waals surface area (Å²) in [5.74, 6) is 2.50. The van der Waals surface area contributed by atoms with E-state index >= 15 is 0 Å². The smallest absolute Gasteiger partial charge is 0.234 e. The molecule has 1 aliphatic heterocycles. The molecule has 0 spiro atoms. The first-order valence-electron chi connectivity index (χ1n) is 10.2. The van der Waals surface area contributed by atoms with Crippen LogP contribution in [0.1, 0.15) is 24.8 Å². The average molecular weight is 420 g/mol. The van der Waals surface area contributed by atoms with Crippen LogP contribution in [0.5, 0.6) is 11.6 Å². The lowest BCUT2D eigenvalue weighted by Crippen LogP contribution is -2.31. The van der Waals surface area contributed by atoms with E-state index in [2.05, 4.69) is 37.6 Å². The van der Waals surface area contributed by atoms with Crippen LogP contribution in [-0.4, -0.2) is 28.2 Å². The fraction of sp³-hybridized carbons (Fsp3) is 0.261. The van der Waals surface area contributed by atoms with Crippen LogP contribution < -0.4 is 20.3 Å². The van der Waals surface area contributed by atoms with Crippen molar-refractivity contribution in [2.24, 2.45) is 0 Å². The average Bonchev–Trinajstić information content (AvgIpc) is 2.79. The van der Waals surface area contributed by atoms with Gasteiger partial charge in [0.05, 0.1) is 0 Å². The molecule has 1 fully saturated rings. The Kier molecular flexibility index (Phi) is 6.72. The maximum Gasteiger partial charge on any atom is 0.234 e. The molecule has 0 radical (unpaired) electrons. The van der Waals surface area contributed by atoms with Gasteiger partial charge >= 0.3 is 0 Å². The fourth-order valence-corrected chi connectivity index (χ4v) is 3.50. The Morgan fingerprint density at radius 1 is 0.933 bits per heavy atom. The van der Waals surface area contributed by atoms with Gasteiger partial charge in [0.15, 0.2) is 5.11 Å². The van der Waals surface area contributed by atoms with Gasteiger partial charge in [-0.3, -0.25) is 0 Å². The lowest BCUT2D eigenvalue weighted by atomic mass is 10.1. The van der Waals surface area contributed by atoms with Gasteiger partial charge in [-0.05, 0) is 49.2 Å². The van der Waals surface area contributed by atoms with Crippen molar-refractivity contribution in [2.45, 2.75) is 25.8 Å². The number of benzene rings is 2. The summed E-state index contributed by atoms with van der Waals surface area (Å²) < 4.78 is 5.98. The van der Waals surface area contributed by atoms with Crippen LogP contribution in [0.15, 0.2) is 66.7 Å². The second-order valence-corrected chi connectivity index (χ2v) is 7.55. The highest BCUT2D eigenvalue weighted by Gasteiger charge is 2.16. The van der Waals surface area contributed by atoms with E-state index < -0.39 is 0 Å². The van der Waals surface area contributed by atoms with Gasteiger partial charge in [0.2, 0.25) is 11.8 Å². The zero-order valence-electron chi connectivity index (χ0n) is 16.8. The molecule has 30 heavy (non-hydrogen) atoms. The molecule has 2 N–H and O–H groups in total. The molecule has 2 aromatic carbocycles. The Balaban J connectivity index is 1.49. The summed E-state index contributed by atoms with van der Waals surface area (Å²) in [7, 11) is 0. The zero-order valence-corrected chi connectivity index (χ0v) is 17.6. The normalized spacial score (nSPS) is 13.5. The zero-order chi connectivity index (χ0) is 20.6. The molecule has 0 aliphatic carbocycles. The topological polar surface area (TPSA) is 62.3 Å². The minimum absolute atomic E-state index is 0.426. The number of piperidine rings is 1. The van der Waals surface area contributed by atoms with E-state index in [4.69, 9.17) is 17.0 Å².